The zero-order valence-electron chi connectivity index (χ0n) is 19.9. The molecule has 0 heterocycles. The number of hydrogen-bond acceptors (Lipinski definition) is 6. The van der Waals surface area contributed by atoms with Crippen LogP contribution in [0.1, 0.15) is 54.4 Å². The first kappa shape index (κ1) is 29.0. The highest BCUT2D eigenvalue weighted by Gasteiger charge is 2.15. The summed E-state index contributed by atoms with van der Waals surface area (Å²) in [5, 5.41) is 0. The highest BCUT2D eigenvalue weighted by molar-refractivity contribution is 5.13. The molecule has 0 N–H and O–H groups in total. The van der Waals surface area contributed by atoms with E-state index in [2.05, 4.69) is 0 Å². The van der Waals surface area contributed by atoms with Crippen molar-refractivity contribution >= 4 is 0 Å². The summed E-state index contributed by atoms with van der Waals surface area (Å²) in [6.45, 7) is 15.6. The van der Waals surface area contributed by atoms with E-state index in [0.717, 1.165) is 0 Å². The summed E-state index contributed by atoms with van der Waals surface area (Å²) >= 11 is 0. The molecule has 0 radical (unpaired) electrons. The topological polar surface area (TPSA) is 55.4 Å². The SMILES string of the molecule is CCOC(C=CC=CC=CC(CC(OCC)OCC)OCC)CC(OCC)OCC. The van der Waals surface area contributed by atoms with Gasteiger partial charge in [-0.3, -0.25) is 0 Å². The quantitative estimate of drug-likeness (QED) is 0.200. The Hall–Kier alpha value is -1.02. The Morgan fingerprint density at radius 2 is 0.733 bits per heavy atom. The molecule has 0 bridgehead atoms. The maximum Gasteiger partial charge on any atom is 0.160 e. The lowest BCUT2D eigenvalue weighted by molar-refractivity contribution is -0.153. The first-order valence-electron chi connectivity index (χ1n) is 11.4. The molecule has 0 aromatic rings. The largest absolute Gasteiger partial charge is 0.374 e. The van der Waals surface area contributed by atoms with E-state index in [0.29, 0.717) is 52.5 Å². The second kappa shape index (κ2) is 21.2. The fourth-order valence-electron chi connectivity index (χ4n) is 2.83. The molecule has 0 spiro atoms. The molecular weight excluding hydrogens is 384 g/mol. The maximum atomic E-state index is 5.79. The summed E-state index contributed by atoms with van der Waals surface area (Å²) < 4.78 is 34.0. The van der Waals surface area contributed by atoms with E-state index in [1.165, 1.54) is 0 Å². The van der Waals surface area contributed by atoms with E-state index in [4.69, 9.17) is 28.4 Å². The third-order valence-electron chi connectivity index (χ3n) is 4.01. The van der Waals surface area contributed by atoms with Gasteiger partial charge in [0.2, 0.25) is 0 Å². The molecule has 0 aromatic heterocycles. The van der Waals surface area contributed by atoms with E-state index in [1.807, 2.05) is 78.0 Å². The Morgan fingerprint density at radius 1 is 0.433 bits per heavy atom. The predicted octanol–water partition coefficient (Wildman–Crippen LogP) is 5.04. The second-order valence-corrected chi connectivity index (χ2v) is 6.29. The summed E-state index contributed by atoms with van der Waals surface area (Å²) in [7, 11) is 0. The number of rotatable bonds is 20. The third-order valence-corrected chi connectivity index (χ3v) is 4.01. The molecule has 176 valence electrons. The lowest BCUT2D eigenvalue weighted by Gasteiger charge is -2.21. The zero-order chi connectivity index (χ0) is 22.5. The Morgan fingerprint density at radius 3 is 1.00 bits per heavy atom. The first-order chi connectivity index (χ1) is 14.6. The molecule has 0 aliphatic rings. The van der Waals surface area contributed by atoms with Gasteiger partial charge < -0.3 is 28.4 Å². The lowest BCUT2D eigenvalue weighted by atomic mass is 10.2. The number of hydrogen-bond donors (Lipinski definition) is 0. The molecule has 0 saturated heterocycles. The van der Waals surface area contributed by atoms with Crippen LogP contribution in [-0.4, -0.2) is 64.4 Å². The van der Waals surface area contributed by atoms with Gasteiger partial charge in [-0.25, -0.2) is 0 Å². The molecule has 0 aromatic carbocycles. The van der Waals surface area contributed by atoms with Crippen LogP contribution in [0.2, 0.25) is 0 Å². The fraction of sp³-hybridized carbons (Fsp3) is 0.750. The van der Waals surface area contributed by atoms with Crippen LogP contribution in [0.5, 0.6) is 0 Å². The lowest BCUT2D eigenvalue weighted by Crippen LogP contribution is -2.24. The highest BCUT2D eigenvalue weighted by atomic mass is 16.7. The van der Waals surface area contributed by atoms with Crippen molar-refractivity contribution in [2.24, 2.45) is 0 Å². The van der Waals surface area contributed by atoms with Crippen LogP contribution >= 0.6 is 0 Å². The molecule has 30 heavy (non-hydrogen) atoms. The smallest absolute Gasteiger partial charge is 0.160 e. The van der Waals surface area contributed by atoms with Gasteiger partial charge in [-0.2, -0.15) is 0 Å². The normalized spacial score (nSPS) is 14.8. The Labute approximate surface area is 184 Å². The van der Waals surface area contributed by atoms with Gasteiger partial charge in [-0.1, -0.05) is 36.5 Å². The van der Waals surface area contributed by atoms with Crippen LogP contribution in [0.4, 0.5) is 0 Å². The molecule has 0 rings (SSSR count). The van der Waals surface area contributed by atoms with Crippen molar-refractivity contribution in [3.8, 4) is 0 Å². The van der Waals surface area contributed by atoms with Crippen molar-refractivity contribution in [1.82, 2.24) is 0 Å². The highest BCUT2D eigenvalue weighted by Crippen LogP contribution is 2.11. The summed E-state index contributed by atoms with van der Waals surface area (Å²) in [6, 6.07) is 0. The molecule has 6 heteroatoms. The van der Waals surface area contributed by atoms with E-state index in [9.17, 15) is 0 Å². The van der Waals surface area contributed by atoms with Crippen molar-refractivity contribution < 1.29 is 28.4 Å². The molecule has 6 nitrogen and oxygen atoms in total. The molecule has 2 atom stereocenters. The standard InChI is InChI=1S/C24H44O6/c1-7-25-21(19-23(27-9-3)28-10-4)17-15-13-14-16-18-22(26-8-2)20-24(29-11-5)30-12-6/h13-18,21-24H,7-12,19-20H2,1-6H3. The van der Waals surface area contributed by atoms with Crippen molar-refractivity contribution in [2.75, 3.05) is 39.6 Å². The molecule has 2 unspecified atom stereocenters. The van der Waals surface area contributed by atoms with Crippen molar-refractivity contribution in [3.63, 3.8) is 0 Å². The van der Waals surface area contributed by atoms with E-state index in [1.54, 1.807) is 0 Å². The Balaban J connectivity index is 4.73. The van der Waals surface area contributed by atoms with Crippen LogP contribution in [0.3, 0.4) is 0 Å². The zero-order valence-corrected chi connectivity index (χ0v) is 19.9. The number of allylic oxidation sites excluding steroid dienone is 4. The minimum absolute atomic E-state index is 0.0546. The van der Waals surface area contributed by atoms with Gasteiger partial charge >= 0.3 is 0 Å². The molecule has 0 amide bonds. The van der Waals surface area contributed by atoms with Gasteiger partial charge in [0.1, 0.15) is 0 Å². The van der Waals surface area contributed by atoms with Gasteiger partial charge in [0.05, 0.1) is 12.2 Å². The Bertz CT molecular complexity index is 397. The van der Waals surface area contributed by atoms with Crippen LogP contribution in [-0.2, 0) is 28.4 Å². The average molecular weight is 429 g/mol. The van der Waals surface area contributed by atoms with E-state index >= 15 is 0 Å². The molecule has 0 fully saturated rings. The summed E-state index contributed by atoms with van der Waals surface area (Å²) in [4.78, 5) is 0. The minimum Gasteiger partial charge on any atom is -0.374 e. The first-order valence-corrected chi connectivity index (χ1v) is 11.4. The van der Waals surface area contributed by atoms with Gasteiger partial charge in [0.15, 0.2) is 12.6 Å². The summed E-state index contributed by atoms with van der Waals surface area (Å²) in [5.74, 6) is 0. The van der Waals surface area contributed by atoms with Crippen LogP contribution in [0, 0.1) is 0 Å². The summed E-state index contributed by atoms with van der Waals surface area (Å²) in [6.07, 6.45) is 12.7. The molecule has 0 aliphatic heterocycles. The fourth-order valence-corrected chi connectivity index (χ4v) is 2.83. The average Bonchev–Trinajstić information content (AvgIpc) is 2.71. The van der Waals surface area contributed by atoms with Gasteiger partial charge in [0, 0.05) is 52.5 Å². The molecular formula is C24H44O6. The van der Waals surface area contributed by atoms with Crippen LogP contribution < -0.4 is 0 Å². The van der Waals surface area contributed by atoms with Crippen molar-refractivity contribution in [2.45, 2.75) is 79.2 Å². The van der Waals surface area contributed by atoms with Crippen LogP contribution in [0.15, 0.2) is 36.5 Å². The second-order valence-electron chi connectivity index (χ2n) is 6.29. The van der Waals surface area contributed by atoms with Gasteiger partial charge in [-0.05, 0) is 41.5 Å². The van der Waals surface area contributed by atoms with Gasteiger partial charge in [0.25, 0.3) is 0 Å². The third kappa shape index (κ3) is 15.8. The van der Waals surface area contributed by atoms with Gasteiger partial charge in [-0.15, -0.1) is 0 Å². The number of ether oxygens (including phenoxy) is 6. The van der Waals surface area contributed by atoms with E-state index in [-0.39, 0.29) is 24.8 Å². The summed E-state index contributed by atoms with van der Waals surface area (Å²) in [5.41, 5.74) is 0. The van der Waals surface area contributed by atoms with Crippen LogP contribution in [0.25, 0.3) is 0 Å². The maximum absolute atomic E-state index is 5.79. The Kier molecular flexibility index (Phi) is 20.5. The monoisotopic (exact) mass is 428 g/mol. The minimum atomic E-state index is -0.249. The van der Waals surface area contributed by atoms with Crippen molar-refractivity contribution in [1.29, 1.82) is 0 Å². The molecule has 0 aliphatic carbocycles. The predicted molar refractivity (Wildman–Crippen MR) is 122 cm³/mol. The van der Waals surface area contributed by atoms with E-state index < -0.39 is 0 Å². The molecule has 0 saturated carbocycles. The van der Waals surface area contributed by atoms with Crippen molar-refractivity contribution in [3.05, 3.63) is 36.5 Å².